The second-order valence-corrected chi connectivity index (χ2v) is 7.58. The zero-order valence-electron chi connectivity index (χ0n) is 12.2. The van der Waals surface area contributed by atoms with E-state index in [9.17, 15) is 13.2 Å². The Hall–Kier alpha value is 0.0600. The number of piperazine rings is 1. The summed E-state index contributed by atoms with van der Waals surface area (Å²) in [7, 11) is 0. The average Bonchev–Trinajstić information content (AvgIpc) is 3.12. The Kier molecular flexibility index (Phi) is 5.65. The Morgan fingerprint density at radius 1 is 1.30 bits per heavy atom. The lowest BCUT2D eigenvalue weighted by atomic mass is 9.98. The van der Waals surface area contributed by atoms with Crippen molar-refractivity contribution in [2.45, 2.75) is 50.7 Å². The van der Waals surface area contributed by atoms with Crippen molar-refractivity contribution in [2.24, 2.45) is 11.8 Å². The molecule has 20 heavy (non-hydrogen) atoms. The Labute approximate surface area is 123 Å². The lowest BCUT2D eigenvalue weighted by Gasteiger charge is -2.41. The van der Waals surface area contributed by atoms with Gasteiger partial charge in [0, 0.05) is 37.5 Å². The number of halogens is 3. The second-order valence-electron chi connectivity index (χ2n) is 6.42. The third-order valence-corrected chi connectivity index (χ3v) is 4.86. The number of hydrogen-bond acceptors (Lipinski definition) is 3. The van der Waals surface area contributed by atoms with E-state index in [2.05, 4.69) is 24.1 Å². The highest BCUT2D eigenvalue weighted by Gasteiger charge is 2.37. The minimum Gasteiger partial charge on any atom is -0.311 e. The van der Waals surface area contributed by atoms with Crippen LogP contribution in [0.5, 0.6) is 0 Å². The van der Waals surface area contributed by atoms with Crippen molar-refractivity contribution in [3.05, 3.63) is 0 Å². The standard InChI is InChI=1S/C14H25F3N2S/c1-10(2)7-12-8-18-13(11-3-4-11)9-19(12)5-6-20-14(15,16)17/h10-13,18H,3-9H2,1-2H3. The smallest absolute Gasteiger partial charge is 0.311 e. The SMILES string of the molecule is CC(C)CC1CNC(C2CC2)CN1CCSC(F)(F)F. The van der Waals surface area contributed by atoms with Crippen molar-refractivity contribution in [3.8, 4) is 0 Å². The van der Waals surface area contributed by atoms with Crippen molar-refractivity contribution in [1.29, 1.82) is 0 Å². The molecule has 1 aliphatic heterocycles. The number of thioether (sulfide) groups is 1. The first-order chi connectivity index (χ1) is 9.35. The van der Waals surface area contributed by atoms with Gasteiger partial charge >= 0.3 is 5.51 Å². The summed E-state index contributed by atoms with van der Waals surface area (Å²) in [5.74, 6) is 1.49. The molecule has 2 rings (SSSR count). The van der Waals surface area contributed by atoms with Crippen LogP contribution in [0.2, 0.25) is 0 Å². The topological polar surface area (TPSA) is 15.3 Å². The summed E-state index contributed by atoms with van der Waals surface area (Å²) in [6.45, 7) is 6.74. The summed E-state index contributed by atoms with van der Waals surface area (Å²) in [5.41, 5.74) is -4.10. The van der Waals surface area contributed by atoms with Gasteiger partial charge in [-0.2, -0.15) is 13.2 Å². The molecule has 2 atom stereocenters. The highest BCUT2D eigenvalue weighted by molar-refractivity contribution is 8.00. The first-order valence-corrected chi connectivity index (χ1v) is 8.52. The van der Waals surface area contributed by atoms with E-state index >= 15 is 0 Å². The van der Waals surface area contributed by atoms with E-state index in [0.717, 1.165) is 25.4 Å². The number of nitrogens with one attached hydrogen (secondary N) is 1. The van der Waals surface area contributed by atoms with Gasteiger partial charge < -0.3 is 5.32 Å². The molecule has 2 aliphatic rings. The summed E-state index contributed by atoms with van der Waals surface area (Å²) in [5, 5.41) is 3.60. The minimum atomic E-state index is -4.10. The molecule has 2 unspecified atom stereocenters. The molecule has 0 aromatic heterocycles. The largest absolute Gasteiger partial charge is 0.441 e. The molecule has 1 N–H and O–H groups in total. The Morgan fingerprint density at radius 3 is 2.55 bits per heavy atom. The monoisotopic (exact) mass is 310 g/mol. The van der Waals surface area contributed by atoms with Gasteiger partial charge in [-0.1, -0.05) is 13.8 Å². The molecule has 1 aliphatic carbocycles. The summed E-state index contributed by atoms with van der Waals surface area (Å²) >= 11 is 0.111. The van der Waals surface area contributed by atoms with Crippen LogP contribution >= 0.6 is 11.8 Å². The van der Waals surface area contributed by atoms with Crippen LogP contribution < -0.4 is 5.32 Å². The zero-order chi connectivity index (χ0) is 14.8. The van der Waals surface area contributed by atoms with E-state index < -0.39 is 5.51 Å². The molecule has 2 nitrogen and oxygen atoms in total. The molecule has 0 aromatic carbocycles. The summed E-state index contributed by atoms with van der Waals surface area (Å²) in [4.78, 5) is 2.29. The molecule has 1 saturated carbocycles. The van der Waals surface area contributed by atoms with Crippen LogP contribution in [-0.4, -0.2) is 47.9 Å². The molecule has 118 valence electrons. The lowest BCUT2D eigenvalue weighted by Crippen LogP contribution is -2.58. The zero-order valence-corrected chi connectivity index (χ0v) is 13.1. The van der Waals surface area contributed by atoms with E-state index in [0.29, 0.717) is 24.5 Å². The van der Waals surface area contributed by atoms with Gasteiger partial charge in [0.2, 0.25) is 0 Å². The molecule has 6 heteroatoms. The van der Waals surface area contributed by atoms with Gasteiger partial charge in [-0.3, -0.25) is 4.90 Å². The number of hydrogen-bond donors (Lipinski definition) is 1. The first kappa shape index (κ1) is 16.4. The van der Waals surface area contributed by atoms with Gasteiger partial charge in [0.1, 0.15) is 0 Å². The normalized spacial score (nSPS) is 29.1. The average molecular weight is 310 g/mol. The second kappa shape index (κ2) is 6.88. The van der Waals surface area contributed by atoms with Crippen molar-refractivity contribution >= 4 is 11.8 Å². The van der Waals surface area contributed by atoms with Gasteiger partial charge in [0.15, 0.2) is 0 Å². The first-order valence-electron chi connectivity index (χ1n) is 7.53. The molecule has 0 radical (unpaired) electrons. The lowest BCUT2D eigenvalue weighted by molar-refractivity contribution is -0.0330. The fourth-order valence-corrected chi connectivity index (χ4v) is 3.58. The Balaban J connectivity index is 1.83. The highest BCUT2D eigenvalue weighted by Crippen LogP contribution is 2.35. The van der Waals surface area contributed by atoms with Gasteiger partial charge in [-0.15, -0.1) is 0 Å². The van der Waals surface area contributed by atoms with Crippen molar-refractivity contribution in [3.63, 3.8) is 0 Å². The predicted molar refractivity (Wildman–Crippen MR) is 77.8 cm³/mol. The molecular formula is C14H25F3N2S. The Bertz CT molecular complexity index is 305. The molecule has 0 aromatic rings. The Morgan fingerprint density at radius 2 is 2.00 bits per heavy atom. The van der Waals surface area contributed by atoms with Gasteiger partial charge in [0.25, 0.3) is 0 Å². The fraction of sp³-hybridized carbons (Fsp3) is 1.00. The van der Waals surface area contributed by atoms with Crippen molar-refractivity contribution < 1.29 is 13.2 Å². The molecule has 0 spiro atoms. The van der Waals surface area contributed by atoms with Gasteiger partial charge in [-0.25, -0.2) is 0 Å². The molecule has 1 saturated heterocycles. The molecular weight excluding hydrogens is 285 g/mol. The maximum Gasteiger partial charge on any atom is 0.441 e. The minimum absolute atomic E-state index is 0.111. The van der Waals surface area contributed by atoms with Crippen LogP contribution in [0.4, 0.5) is 13.2 Å². The van der Waals surface area contributed by atoms with Crippen LogP contribution in [-0.2, 0) is 0 Å². The highest BCUT2D eigenvalue weighted by atomic mass is 32.2. The summed E-state index contributed by atoms with van der Waals surface area (Å²) < 4.78 is 36.8. The van der Waals surface area contributed by atoms with E-state index in [1.807, 2.05) is 0 Å². The number of nitrogens with zero attached hydrogens (tertiary/aromatic N) is 1. The van der Waals surface area contributed by atoms with Gasteiger partial charge in [-0.05, 0) is 42.9 Å². The fourth-order valence-electron chi connectivity index (χ4n) is 3.03. The van der Waals surface area contributed by atoms with Gasteiger partial charge in [0.05, 0.1) is 0 Å². The summed E-state index contributed by atoms with van der Waals surface area (Å²) in [6, 6.07) is 0.883. The van der Waals surface area contributed by atoms with Crippen LogP contribution in [0.3, 0.4) is 0 Å². The maximum absolute atomic E-state index is 12.3. The quantitative estimate of drug-likeness (QED) is 0.810. The summed E-state index contributed by atoms with van der Waals surface area (Å²) in [6.07, 6.45) is 3.61. The van der Waals surface area contributed by atoms with Crippen LogP contribution in [0.1, 0.15) is 33.1 Å². The molecule has 0 amide bonds. The van der Waals surface area contributed by atoms with E-state index in [1.165, 1.54) is 12.8 Å². The van der Waals surface area contributed by atoms with Crippen LogP contribution in [0, 0.1) is 11.8 Å². The van der Waals surface area contributed by atoms with Crippen LogP contribution in [0.15, 0.2) is 0 Å². The number of rotatable bonds is 6. The molecule has 1 heterocycles. The predicted octanol–water partition coefficient (Wildman–Crippen LogP) is 3.34. The van der Waals surface area contributed by atoms with Crippen molar-refractivity contribution in [1.82, 2.24) is 10.2 Å². The maximum atomic E-state index is 12.3. The molecule has 0 bridgehead atoms. The van der Waals surface area contributed by atoms with E-state index in [1.54, 1.807) is 0 Å². The van der Waals surface area contributed by atoms with E-state index in [-0.39, 0.29) is 17.5 Å². The van der Waals surface area contributed by atoms with Crippen LogP contribution in [0.25, 0.3) is 0 Å². The molecule has 2 fully saturated rings. The van der Waals surface area contributed by atoms with E-state index in [4.69, 9.17) is 0 Å². The third-order valence-electron chi connectivity index (χ3n) is 4.14. The van der Waals surface area contributed by atoms with Crippen molar-refractivity contribution in [2.75, 3.05) is 25.4 Å². The number of alkyl halides is 3. The third kappa shape index (κ3) is 5.45.